The van der Waals surface area contributed by atoms with E-state index in [1.807, 2.05) is 31.2 Å². The highest BCUT2D eigenvalue weighted by Gasteiger charge is 2.15. The topological polar surface area (TPSA) is 20.3 Å². The van der Waals surface area contributed by atoms with Crippen molar-refractivity contribution < 1.29 is 4.79 Å². The Morgan fingerprint density at radius 2 is 1.89 bits per heavy atom. The number of amides is 1. The predicted octanol–water partition coefficient (Wildman–Crippen LogP) is 4.69. The number of hydrogen-bond acceptors (Lipinski definition) is 1. The van der Waals surface area contributed by atoms with Crippen LogP contribution < -0.4 is 4.90 Å². The van der Waals surface area contributed by atoms with Crippen molar-refractivity contribution in [2.75, 3.05) is 11.9 Å². The van der Waals surface area contributed by atoms with Crippen LogP contribution in [0.1, 0.15) is 15.9 Å². The highest BCUT2D eigenvalue weighted by Crippen LogP contribution is 2.25. The van der Waals surface area contributed by atoms with Crippen molar-refractivity contribution in [3.8, 4) is 0 Å². The van der Waals surface area contributed by atoms with Crippen molar-refractivity contribution in [1.82, 2.24) is 0 Å². The molecule has 0 saturated carbocycles. The van der Waals surface area contributed by atoms with E-state index in [9.17, 15) is 4.79 Å². The SMILES string of the molecule is Cc1ccccc1N(C)C(=O)c1ccc(Br)c(Cl)c1. The normalized spacial score (nSPS) is 10.3. The summed E-state index contributed by atoms with van der Waals surface area (Å²) in [4.78, 5) is 14.0. The van der Waals surface area contributed by atoms with Gasteiger partial charge in [0.05, 0.1) is 5.02 Å². The molecule has 0 aliphatic rings. The number of anilines is 1. The maximum Gasteiger partial charge on any atom is 0.258 e. The van der Waals surface area contributed by atoms with Crippen LogP contribution >= 0.6 is 27.5 Å². The first-order valence-electron chi connectivity index (χ1n) is 5.79. The van der Waals surface area contributed by atoms with Gasteiger partial charge in [0, 0.05) is 22.8 Å². The Labute approximate surface area is 126 Å². The number of aryl methyl sites for hydroxylation is 1. The number of rotatable bonds is 2. The van der Waals surface area contributed by atoms with Crippen molar-refractivity contribution in [2.45, 2.75) is 6.92 Å². The van der Waals surface area contributed by atoms with Crippen LogP contribution in [-0.2, 0) is 0 Å². The molecule has 0 atom stereocenters. The van der Waals surface area contributed by atoms with E-state index in [1.165, 1.54) is 0 Å². The fourth-order valence-corrected chi connectivity index (χ4v) is 2.30. The summed E-state index contributed by atoms with van der Waals surface area (Å²) < 4.78 is 0.782. The van der Waals surface area contributed by atoms with Crippen molar-refractivity contribution in [1.29, 1.82) is 0 Å². The molecule has 0 aromatic heterocycles. The van der Waals surface area contributed by atoms with Crippen LogP contribution in [0.5, 0.6) is 0 Å². The predicted molar refractivity (Wildman–Crippen MR) is 83.1 cm³/mol. The number of para-hydroxylation sites is 1. The van der Waals surface area contributed by atoms with Gasteiger partial charge in [0.15, 0.2) is 0 Å². The van der Waals surface area contributed by atoms with Crippen LogP contribution in [0, 0.1) is 6.92 Å². The Kier molecular flexibility index (Phi) is 4.27. The van der Waals surface area contributed by atoms with Gasteiger partial charge in [-0.05, 0) is 52.7 Å². The van der Waals surface area contributed by atoms with E-state index >= 15 is 0 Å². The van der Waals surface area contributed by atoms with E-state index in [0.29, 0.717) is 10.6 Å². The zero-order valence-electron chi connectivity index (χ0n) is 10.7. The van der Waals surface area contributed by atoms with E-state index in [1.54, 1.807) is 30.1 Å². The highest BCUT2D eigenvalue weighted by atomic mass is 79.9. The van der Waals surface area contributed by atoms with E-state index in [2.05, 4.69) is 15.9 Å². The monoisotopic (exact) mass is 337 g/mol. The quantitative estimate of drug-likeness (QED) is 0.778. The molecule has 2 aromatic carbocycles. The molecule has 2 rings (SSSR count). The molecule has 0 aliphatic carbocycles. The summed E-state index contributed by atoms with van der Waals surface area (Å²) in [5.74, 6) is -0.0799. The molecule has 0 fully saturated rings. The molecule has 0 N–H and O–H groups in total. The van der Waals surface area contributed by atoms with E-state index in [0.717, 1.165) is 15.7 Å². The number of nitrogens with zero attached hydrogens (tertiary/aromatic N) is 1. The van der Waals surface area contributed by atoms with Gasteiger partial charge in [-0.2, -0.15) is 0 Å². The maximum atomic E-state index is 12.4. The van der Waals surface area contributed by atoms with Crippen LogP contribution in [0.2, 0.25) is 5.02 Å². The summed E-state index contributed by atoms with van der Waals surface area (Å²) in [5.41, 5.74) is 2.52. The minimum atomic E-state index is -0.0799. The molecular weight excluding hydrogens is 326 g/mol. The van der Waals surface area contributed by atoms with E-state index in [-0.39, 0.29) is 5.91 Å². The average molecular weight is 339 g/mol. The van der Waals surface area contributed by atoms with E-state index < -0.39 is 0 Å². The number of halogens is 2. The van der Waals surface area contributed by atoms with Crippen LogP contribution in [-0.4, -0.2) is 13.0 Å². The van der Waals surface area contributed by atoms with Crippen LogP contribution in [0.4, 0.5) is 5.69 Å². The maximum absolute atomic E-state index is 12.4. The van der Waals surface area contributed by atoms with Gasteiger partial charge in [-0.25, -0.2) is 0 Å². The van der Waals surface area contributed by atoms with Gasteiger partial charge in [-0.3, -0.25) is 4.79 Å². The zero-order chi connectivity index (χ0) is 14.0. The van der Waals surface area contributed by atoms with Gasteiger partial charge in [-0.1, -0.05) is 29.8 Å². The Hall–Kier alpha value is -1.32. The molecule has 19 heavy (non-hydrogen) atoms. The van der Waals surface area contributed by atoms with Crippen LogP contribution in [0.15, 0.2) is 46.9 Å². The third-order valence-electron chi connectivity index (χ3n) is 2.95. The van der Waals surface area contributed by atoms with Gasteiger partial charge < -0.3 is 4.90 Å². The lowest BCUT2D eigenvalue weighted by Crippen LogP contribution is -2.26. The Balaban J connectivity index is 2.34. The third kappa shape index (κ3) is 2.99. The van der Waals surface area contributed by atoms with E-state index in [4.69, 9.17) is 11.6 Å². The summed E-state index contributed by atoms with van der Waals surface area (Å²) in [5, 5.41) is 0.532. The largest absolute Gasteiger partial charge is 0.311 e. The van der Waals surface area contributed by atoms with Crippen LogP contribution in [0.3, 0.4) is 0 Å². The molecule has 2 nitrogen and oxygen atoms in total. The van der Waals surface area contributed by atoms with Crippen molar-refractivity contribution in [3.05, 3.63) is 63.1 Å². The summed E-state index contributed by atoms with van der Waals surface area (Å²) >= 11 is 9.34. The lowest BCUT2D eigenvalue weighted by molar-refractivity contribution is 0.0993. The second kappa shape index (κ2) is 5.76. The van der Waals surface area contributed by atoms with Gasteiger partial charge in [-0.15, -0.1) is 0 Å². The third-order valence-corrected chi connectivity index (χ3v) is 4.18. The first-order chi connectivity index (χ1) is 9.00. The number of carbonyl (C=O) groups excluding carboxylic acids is 1. The van der Waals surface area contributed by atoms with Gasteiger partial charge in [0.1, 0.15) is 0 Å². The molecule has 0 heterocycles. The van der Waals surface area contributed by atoms with Crippen LogP contribution in [0.25, 0.3) is 0 Å². The molecule has 0 unspecified atom stereocenters. The number of benzene rings is 2. The van der Waals surface area contributed by atoms with Gasteiger partial charge >= 0.3 is 0 Å². The average Bonchev–Trinajstić information content (AvgIpc) is 2.41. The number of carbonyl (C=O) groups is 1. The Bertz CT molecular complexity index is 627. The molecular formula is C15H13BrClNO. The lowest BCUT2D eigenvalue weighted by Gasteiger charge is -2.19. The minimum Gasteiger partial charge on any atom is -0.311 e. The summed E-state index contributed by atoms with van der Waals surface area (Å²) in [6.07, 6.45) is 0. The first kappa shape index (κ1) is 14.1. The van der Waals surface area contributed by atoms with Gasteiger partial charge in [0.25, 0.3) is 5.91 Å². The Morgan fingerprint density at radius 3 is 2.53 bits per heavy atom. The summed E-state index contributed by atoms with van der Waals surface area (Å²) in [6, 6.07) is 13.0. The molecule has 4 heteroatoms. The van der Waals surface area contributed by atoms with Crippen molar-refractivity contribution in [3.63, 3.8) is 0 Å². The second-order valence-electron chi connectivity index (χ2n) is 4.28. The molecule has 98 valence electrons. The molecule has 0 spiro atoms. The summed E-state index contributed by atoms with van der Waals surface area (Å²) in [6.45, 7) is 1.98. The molecule has 0 bridgehead atoms. The van der Waals surface area contributed by atoms with Crippen molar-refractivity contribution in [2.24, 2.45) is 0 Å². The number of hydrogen-bond donors (Lipinski definition) is 0. The smallest absolute Gasteiger partial charge is 0.258 e. The molecule has 0 radical (unpaired) electrons. The van der Waals surface area contributed by atoms with Crippen molar-refractivity contribution >= 4 is 39.1 Å². The Morgan fingerprint density at radius 1 is 1.21 bits per heavy atom. The highest BCUT2D eigenvalue weighted by molar-refractivity contribution is 9.10. The molecule has 2 aromatic rings. The molecule has 0 aliphatic heterocycles. The standard InChI is InChI=1S/C15H13BrClNO/c1-10-5-3-4-6-14(10)18(2)15(19)11-7-8-12(16)13(17)9-11/h3-9H,1-2H3. The van der Waals surface area contributed by atoms with Gasteiger partial charge in [0.2, 0.25) is 0 Å². The fraction of sp³-hybridized carbons (Fsp3) is 0.133. The summed E-state index contributed by atoms with van der Waals surface area (Å²) in [7, 11) is 1.76. The second-order valence-corrected chi connectivity index (χ2v) is 5.54. The minimum absolute atomic E-state index is 0.0799. The zero-order valence-corrected chi connectivity index (χ0v) is 13.0. The lowest BCUT2D eigenvalue weighted by atomic mass is 10.1. The first-order valence-corrected chi connectivity index (χ1v) is 6.96. The molecule has 1 amide bonds. The molecule has 0 saturated heterocycles. The fourth-order valence-electron chi connectivity index (χ4n) is 1.87.